The van der Waals surface area contributed by atoms with Crippen LogP contribution in [0.5, 0.6) is 0 Å². The molecule has 17 heavy (non-hydrogen) atoms. The molecule has 0 fully saturated rings. The van der Waals surface area contributed by atoms with Gasteiger partial charge in [0.1, 0.15) is 11.6 Å². The number of hydrogen-bond donors (Lipinski definition) is 2. The van der Waals surface area contributed by atoms with Gasteiger partial charge in [-0.1, -0.05) is 0 Å². The SMILES string of the molecule is Cc1nc2c(c(NCCC(C)O)n1)CCCC2. The molecule has 4 heteroatoms. The first-order chi connectivity index (χ1) is 8.16. The first-order valence-corrected chi connectivity index (χ1v) is 6.45. The number of aliphatic hydroxyl groups excluding tert-OH is 1. The van der Waals surface area contributed by atoms with E-state index in [0.29, 0.717) is 0 Å². The van der Waals surface area contributed by atoms with Crippen molar-refractivity contribution in [2.75, 3.05) is 11.9 Å². The molecule has 0 aromatic carbocycles. The topological polar surface area (TPSA) is 58.0 Å². The van der Waals surface area contributed by atoms with Gasteiger partial charge in [-0.2, -0.15) is 0 Å². The quantitative estimate of drug-likeness (QED) is 0.836. The second-order valence-electron chi connectivity index (χ2n) is 4.82. The molecule has 0 spiro atoms. The third-order valence-electron chi connectivity index (χ3n) is 3.15. The molecule has 1 unspecified atom stereocenters. The Kier molecular flexibility index (Phi) is 3.94. The van der Waals surface area contributed by atoms with E-state index in [1.54, 1.807) is 0 Å². The van der Waals surface area contributed by atoms with Gasteiger partial charge in [-0.25, -0.2) is 9.97 Å². The lowest BCUT2D eigenvalue weighted by Crippen LogP contribution is -2.16. The van der Waals surface area contributed by atoms with Crippen molar-refractivity contribution in [2.45, 2.75) is 52.1 Å². The zero-order chi connectivity index (χ0) is 12.3. The van der Waals surface area contributed by atoms with Crippen LogP contribution in [0, 0.1) is 6.92 Å². The minimum atomic E-state index is -0.263. The summed E-state index contributed by atoms with van der Waals surface area (Å²) in [5.74, 6) is 1.82. The number of aromatic nitrogens is 2. The Hall–Kier alpha value is -1.16. The number of nitrogens with zero attached hydrogens (tertiary/aromatic N) is 2. The molecule has 1 aliphatic rings. The molecule has 0 aliphatic heterocycles. The summed E-state index contributed by atoms with van der Waals surface area (Å²) in [6.07, 6.45) is 5.09. The maximum atomic E-state index is 9.25. The first-order valence-electron chi connectivity index (χ1n) is 6.45. The number of anilines is 1. The van der Waals surface area contributed by atoms with Crippen LogP contribution < -0.4 is 5.32 Å². The second-order valence-corrected chi connectivity index (χ2v) is 4.82. The molecule has 1 heterocycles. The molecule has 2 rings (SSSR count). The molecule has 1 atom stereocenters. The first kappa shape index (κ1) is 12.3. The minimum Gasteiger partial charge on any atom is -0.393 e. The molecule has 1 aromatic rings. The number of aryl methyl sites for hydroxylation is 2. The largest absolute Gasteiger partial charge is 0.393 e. The predicted octanol–water partition coefficient (Wildman–Crippen LogP) is 1.85. The number of fused-ring (bicyclic) bond motifs is 1. The maximum absolute atomic E-state index is 9.25. The van der Waals surface area contributed by atoms with Gasteiger partial charge in [0.05, 0.1) is 6.10 Å². The predicted molar refractivity (Wildman–Crippen MR) is 68.2 cm³/mol. The molecular formula is C13H21N3O. The number of nitrogens with one attached hydrogen (secondary N) is 1. The molecule has 0 saturated heterocycles. The highest BCUT2D eigenvalue weighted by Crippen LogP contribution is 2.25. The van der Waals surface area contributed by atoms with Gasteiger partial charge in [-0.05, 0) is 46.0 Å². The highest BCUT2D eigenvalue weighted by atomic mass is 16.3. The van der Waals surface area contributed by atoms with Crippen LogP contribution in [0.15, 0.2) is 0 Å². The minimum absolute atomic E-state index is 0.263. The molecule has 94 valence electrons. The fraction of sp³-hybridized carbons (Fsp3) is 0.692. The van der Waals surface area contributed by atoms with Gasteiger partial charge in [0.2, 0.25) is 0 Å². The van der Waals surface area contributed by atoms with Gasteiger partial charge in [0.15, 0.2) is 0 Å². The zero-order valence-electron chi connectivity index (χ0n) is 10.7. The lowest BCUT2D eigenvalue weighted by molar-refractivity contribution is 0.188. The Morgan fingerprint density at radius 1 is 1.29 bits per heavy atom. The standard InChI is InChI=1S/C13H21N3O/c1-9(17)7-8-14-13-11-5-3-4-6-12(11)15-10(2)16-13/h9,17H,3-8H2,1-2H3,(H,14,15,16). The van der Waals surface area contributed by atoms with E-state index < -0.39 is 0 Å². The number of aliphatic hydroxyl groups is 1. The van der Waals surface area contributed by atoms with Crippen LogP contribution in [0.3, 0.4) is 0 Å². The second kappa shape index (κ2) is 5.45. The average Bonchev–Trinajstić information content (AvgIpc) is 2.28. The lowest BCUT2D eigenvalue weighted by atomic mass is 9.96. The Labute approximate surface area is 102 Å². The average molecular weight is 235 g/mol. The van der Waals surface area contributed by atoms with Crippen LogP contribution in [0.25, 0.3) is 0 Å². The van der Waals surface area contributed by atoms with Crippen molar-refractivity contribution in [1.82, 2.24) is 9.97 Å². The summed E-state index contributed by atoms with van der Waals surface area (Å²) in [5, 5.41) is 12.6. The molecule has 0 saturated carbocycles. The summed E-state index contributed by atoms with van der Waals surface area (Å²) >= 11 is 0. The summed E-state index contributed by atoms with van der Waals surface area (Å²) in [6.45, 7) is 4.51. The Balaban J connectivity index is 2.12. The van der Waals surface area contributed by atoms with Crippen molar-refractivity contribution in [3.05, 3.63) is 17.1 Å². The van der Waals surface area contributed by atoms with Crippen molar-refractivity contribution in [2.24, 2.45) is 0 Å². The summed E-state index contributed by atoms with van der Waals surface area (Å²) in [5.41, 5.74) is 2.50. The van der Waals surface area contributed by atoms with E-state index in [-0.39, 0.29) is 6.10 Å². The molecule has 1 aromatic heterocycles. The van der Waals surface area contributed by atoms with Gasteiger partial charge in [-0.3, -0.25) is 0 Å². The van der Waals surface area contributed by atoms with Crippen LogP contribution in [-0.2, 0) is 12.8 Å². The van der Waals surface area contributed by atoms with Gasteiger partial charge in [0.25, 0.3) is 0 Å². The van der Waals surface area contributed by atoms with E-state index in [1.807, 2.05) is 13.8 Å². The van der Waals surface area contributed by atoms with E-state index in [2.05, 4.69) is 15.3 Å². The van der Waals surface area contributed by atoms with Gasteiger partial charge in [-0.15, -0.1) is 0 Å². The van der Waals surface area contributed by atoms with Gasteiger partial charge >= 0.3 is 0 Å². The van der Waals surface area contributed by atoms with Crippen LogP contribution in [-0.4, -0.2) is 27.7 Å². The summed E-state index contributed by atoms with van der Waals surface area (Å²) in [6, 6.07) is 0. The highest BCUT2D eigenvalue weighted by Gasteiger charge is 2.16. The third-order valence-corrected chi connectivity index (χ3v) is 3.15. The van der Waals surface area contributed by atoms with Crippen molar-refractivity contribution in [1.29, 1.82) is 0 Å². The Morgan fingerprint density at radius 2 is 2.06 bits per heavy atom. The molecule has 4 nitrogen and oxygen atoms in total. The van der Waals surface area contributed by atoms with Gasteiger partial charge in [0, 0.05) is 17.8 Å². The van der Waals surface area contributed by atoms with Crippen molar-refractivity contribution < 1.29 is 5.11 Å². The van der Waals surface area contributed by atoms with Crippen LogP contribution in [0.2, 0.25) is 0 Å². The molecule has 0 bridgehead atoms. The third kappa shape index (κ3) is 3.16. The Morgan fingerprint density at radius 3 is 2.82 bits per heavy atom. The van der Waals surface area contributed by atoms with Gasteiger partial charge < -0.3 is 10.4 Å². The van der Waals surface area contributed by atoms with Crippen LogP contribution in [0.4, 0.5) is 5.82 Å². The Bertz CT molecular complexity index is 390. The normalized spacial score (nSPS) is 16.4. The zero-order valence-corrected chi connectivity index (χ0v) is 10.7. The van der Waals surface area contributed by atoms with E-state index in [4.69, 9.17) is 0 Å². The van der Waals surface area contributed by atoms with Crippen molar-refractivity contribution >= 4 is 5.82 Å². The fourth-order valence-electron chi connectivity index (χ4n) is 2.26. The highest BCUT2D eigenvalue weighted by molar-refractivity contribution is 5.47. The number of hydrogen-bond acceptors (Lipinski definition) is 4. The van der Waals surface area contributed by atoms with E-state index in [0.717, 1.165) is 37.4 Å². The monoisotopic (exact) mass is 235 g/mol. The van der Waals surface area contributed by atoms with Crippen LogP contribution in [0.1, 0.15) is 43.3 Å². The fourth-order valence-corrected chi connectivity index (χ4v) is 2.26. The summed E-state index contributed by atoms with van der Waals surface area (Å²) in [7, 11) is 0. The van der Waals surface area contributed by atoms with E-state index >= 15 is 0 Å². The smallest absolute Gasteiger partial charge is 0.133 e. The lowest BCUT2D eigenvalue weighted by Gasteiger charge is -2.19. The maximum Gasteiger partial charge on any atom is 0.133 e. The molecule has 0 radical (unpaired) electrons. The van der Waals surface area contributed by atoms with Crippen molar-refractivity contribution in [3.8, 4) is 0 Å². The number of rotatable bonds is 4. The molecule has 2 N–H and O–H groups in total. The van der Waals surface area contributed by atoms with E-state index in [9.17, 15) is 5.11 Å². The summed E-state index contributed by atoms with van der Waals surface area (Å²) < 4.78 is 0. The van der Waals surface area contributed by atoms with Crippen molar-refractivity contribution in [3.63, 3.8) is 0 Å². The molecular weight excluding hydrogens is 214 g/mol. The molecule has 1 aliphatic carbocycles. The van der Waals surface area contributed by atoms with Crippen LogP contribution >= 0.6 is 0 Å². The molecule has 0 amide bonds. The summed E-state index contributed by atoms with van der Waals surface area (Å²) in [4.78, 5) is 9.00. The van der Waals surface area contributed by atoms with E-state index in [1.165, 1.54) is 24.1 Å².